The topological polar surface area (TPSA) is 59.1 Å². The number of aromatic nitrogens is 1. The first-order valence-electron chi connectivity index (χ1n) is 7.71. The number of pyridine rings is 1. The molecule has 1 aromatic heterocycles. The predicted molar refractivity (Wildman–Crippen MR) is 95.0 cm³/mol. The van der Waals surface area contributed by atoms with Crippen molar-refractivity contribution in [1.82, 2.24) is 9.71 Å². The standard InChI is InChI=1S/C19H18N2O2S/c22-24(23,21-15-13-17-10-6-7-14-20-17)19-12-5-4-11-18(19)16-8-2-1-3-9-16/h1-12,14,21H,13,15H2. The smallest absolute Gasteiger partial charge is 0.241 e. The van der Waals surface area contributed by atoms with Crippen molar-refractivity contribution in [2.75, 3.05) is 6.54 Å². The first kappa shape index (κ1) is 16.4. The lowest BCUT2D eigenvalue weighted by Gasteiger charge is -2.11. The normalized spacial score (nSPS) is 11.3. The minimum absolute atomic E-state index is 0.289. The average molecular weight is 338 g/mol. The molecule has 0 aliphatic heterocycles. The van der Waals surface area contributed by atoms with E-state index in [9.17, 15) is 8.42 Å². The third kappa shape index (κ3) is 3.88. The number of sulfonamides is 1. The van der Waals surface area contributed by atoms with E-state index in [1.54, 1.807) is 18.3 Å². The second kappa shape index (κ2) is 7.38. The molecule has 0 unspecified atom stereocenters. The molecular weight excluding hydrogens is 320 g/mol. The van der Waals surface area contributed by atoms with Gasteiger partial charge in [0.15, 0.2) is 0 Å². The van der Waals surface area contributed by atoms with E-state index in [4.69, 9.17) is 0 Å². The highest BCUT2D eigenvalue weighted by molar-refractivity contribution is 7.89. The Morgan fingerprint density at radius 2 is 1.54 bits per heavy atom. The Labute approximate surface area is 142 Å². The van der Waals surface area contributed by atoms with E-state index in [2.05, 4.69) is 9.71 Å². The van der Waals surface area contributed by atoms with Crippen LogP contribution in [-0.4, -0.2) is 19.9 Å². The number of benzene rings is 2. The lowest BCUT2D eigenvalue weighted by atomic mass is 10.1. The predicted octanol–water partition coefficient (Wildman–Crippen LogP) is 3.27. The van der Waals surface area contributed by atoms with Crippen LogP contribution in [0.25, 0.3) is 11.1 Å². The van der Waals surface area contributed by atoms with Gasteiger partial charge >= 0.3 is 0 Å². The van der Waals surface area contributed by atoms with Gasteiger partial charge in [0.05, 0.1) is 4.90 Å². The molecule has 3 aromatic rings. The summed E-state index contributed by atoms with van der Waals surface area (Å²) >= 11 is 0. The van der Waals surface area contributed by atoms with Gasteiger partial charge in [0.2, 0.25) is 10.0 Å². The highest BCUT2D eigenvalue weighted by Gasteiger charge is 2.18. The van der Waals surface area contributed by atoms with Crippen LogP contribution in [-0.2, 0) is 16.4 Å². The van der Waals surface area contributed by atoms with Gasteiger partial charge in [0, 0.05) is 30.4 Å². The number of hydrogen-bond donors (Lipinski definition) is 1. The molecule has 0 saturated carbocycles. The van der Waals surface area contributed by atoms with Crippen molar-refractivity contribution < 1.29 is 8.42 Å². The highest BCUT2D eigenvalue weighted by atomic mass is 32.2. The van der Waals surface area contributed by atoms with Crippen LogP contribution in [0, 0.1) is 0 Å². The van der Waals surface area contributed by atoms with Gasteiger partial charge in [-0.2, -0.15) is 0 Å². The van der Waals surface area contributed by atoms with E-state index in [1.807, 2.05) is 60.7 Å². The SMILES string of the molecule is O=S(=O)(NCCc1ccccn1)c1ccccc1-c1ccccc1. The molecule has 0 bridgehead atoms. The molecule has 24 heavy (non-hydrogen) atoms. The summed E-state index contributed by atoms with van der Waals surface area (Å²) in [7, 11) is -3.59. The fourth-order valence-corrected chi connectivity index (χ4v) is 3.75. The van der Waals surface area contributed by atoms with Crippen LogP contribution in [0.4, 0.5) is 0 Å². The molecule has 0 aliphatic carbocycles. The summed E-state index contributed by atoms with van der Waals surface area (Å²) in [6.45, 7) is 0.308. The minimum Gasteiger partial charge on any atom is -0.261 e. The van der Waals surface area contributed by atoms with Crippen LogP contribution in [0.15, 0.2) is 83.9 Å². The Balaban J connectivity index is 1.80. The largest absolute Gasteiger partial charge is 0.261 e. The second-order valence-electron chi connectivity index (χ2n) is 5.33. The summed E-state index contributed by atoms with van der Waals surface area (Å²) in [4.78, 5) is 4.49. The van der Waals surface area contributed by atoms with Gasteiger partial charge in [-0.05, 0) is 23.8 Å². The first-order valence-corrected chi connectivity index (χ1v) is 9.19. The van der Waals surface area contributed by atoms with Crippen LogP contribution < -0.4 is 4.72 Å². The molecule has 4 nitrogen and oxygen atoms in total. The van der Waals surface area contributed by atoms with Crippen LogP contribution >= 0.6 is 0 Å². The lowest BCUT2D eigenvalue weighted by Crippen LogP contribution is -2.26. The fraction of sp³-hybridized carbons (Fsp3) is 0.105. The molecule has 1 N–H and O–H groups in total. The summed E-state index contributed by atoms with van der Waals surface area (Å²) < 4.78 is 28.0. The average Bonchev–Trinajstić information content (AvgIpc) is 2.63. The van der Waals surface area contributed by atoms with Crippen LogP contribution in [0.1, 0.15) is 5.69 Å². The molecule has 0 atom stereocenters. The molecule has 5 heteroatoms. The molecule has 0 spiro atoms. The van der Waals surface area contributed by atoms with E-state index < -0.39 is 10.0 Å². The second-order valence-corrected chi connectivity index (χ2v) is 7.07. The lowest BCUT2D eigenvalue weighted by molar-refractivity contribution is 0.581. The fourth-order valence-electron chi connectivity index (χ4n) is 2.49. The Bertz CT molecular complexity index is 895. The zero-order chi connectivity index (χ0) is 16.8. The minimum atomic E-state index is -3.59. The molecule has 0 amide bonds. The van der Waals surface area contributed by atoms with E-state index in [-0.39, 0.29) is 4.90 Å². The van der Waals surface area contributed by atoms with Crippen molar-refractivity contribution in [3.05, 3.63) is 84.7 Å². The first-order chi connectivity index (χ1) is 11.7. The summed E-state index contributed by atoms with van der Waals surface area (Å²) in [6, 6.07) is 22.2. The molecule has 0 aliphatic rings. The van der Waals surface area contributed by atoms with Gasteiger partial charge in [-0.15, -0.1) is 0 Å². The van der Waals surface area contributed by atoms with Crippen molar-refractivity contribution in [3.63, 3.8) is 0 Å². The quantitative estimate of drug-likeness (QED) is 0.750. The van der Waals surface area contributed by atoms with E-state index in [0.29, 0.717) is 18.5 Å². The molecule has 122 valence electrons. The van der Waals surface area contributed by atoms with Crippen molar-refractivity contribution in [1.29, 1.82) is 0 Å². The Morgan fingerprint density at radius 3 is 2.29 bits per heavy atom. The van der Waals surface area contributed by atoms with Gasteiger partial charge in [-0.3, -0.25) is 4.98 Å². The number of nitrogens with one attached hydrogen (secondary N) is 1. The zero-order valence-electron chi connectivity index (χ0n) is 13.1. The Hall–Kier alpha value is -2.50. The third-order valence-electron chi connectivity index (χ3n) is 3.66. The van der Waals surface area contributed by atoms with E-state index >= 15 is 0 Å². The van der Waals surface area contributed by atoms with Crippen molar-refractivity contribution in [2.45, 2.75) is 11.3 Å². The molecule has 0 fully saturated rings. The molecule has 0 saturated heterocycles. The third-order valence-corrected chi connectivity index (χ3v) is 5.18. The van der Waals surface area contributed by atoms with Crippen LogP contribution in [0.5, 0.6) is 0 Å². The number of nitrogens with zero attached hydrogens (tertiary/aromatic N) is 1. The Kier molecular flexibility index (Phi) is 5.03. The summed E-state index contributed by atoms with van der Waals surface area (Å²) in [6.07, 6.45) is 2.25. The molecule has 0 radical (unpaired) electrons. The van der Waals surface area contributed by atoms with Crippen molar-refractivity contribution >= 4 is 10.0 Å². The molecule has 1 heterocycles. The Morgan fingerprint density at radius 1 is 0.833 bits per heavy atom. The highest BCUT2D eigenvalue weighted by Crippen LogP contribution is 2.26. The monoisotopic (exact) mass is 338 g/mol. The summed E-state index contributed by atoms with van der Waals surface area (Å²) in [5.74, 6) is 0. The van der Waals surface area contributed by atoms with Crippen molar-refractivity contribution in [2.24, 2.45) is 0 Å². The molecule has 3 rings (SSSR count). The van der Waals surface area contributed by atoms with Gasteiger partial charge in [0.1, 0.15) is 0 Å². The number of hydrogen-bond acceptors (Lipinski definition) is 3. The van der Waals surface area contributed by atoms with Gasteiger partial charge < -0.3 is 0 Å². The van der Waals surface area contributed by atoms with E-state index in [1.165, 1.54) is 0 Å². The van der Waals surface area contributed by atoms with Gasteiger partial charge in [-0.1, -0.05) is 54.6 Å². The summed E-state index contributed by atoms with van der Waals surface area (Å²) in [5, 5.41) is 0. The van der Waals surface area contributed by atoms with Crippen LogP contribution in [0.3, 0.4) is 0 Å². The summed E-state index contributed by atoms with van der Waals surface area (Å²) in [5.41, 5.74) is 2.43. The van der Waals surface area contributed by atoms with Crippen LogP contribution in [0.2, 0.25) is 0 Å². The molecular formula is C19H18N2O2S. The molecule has 2 aromatic carbocycles. The maximum Gasteiger partial charge on any atom is 0.241 e. The number of rotatable bonds is 6. The van der Waals surface area contributed by atoms with Gasteiger partial charge in [-0.25, -0.2) is 13.1 Å². The van der Waals surface area contributed by atoms with E-state index in [0.717, 1.165) is 11.3 Å². The maximum absolute atomic E-state index is 12.7. The maximum atomic E-state index is 12.7. The van der Waals surface area contributed by atoms with Crippen molar-refractivity contribution in [3.8, 4) is 11.1 Å². The van der Waals surface area contributed by atoms with Gasteiger partial charge in [0.25, 0.3) is 0 Å². The zero-order valence-corrected chi connectivity index (χ0v) is 13.9.